The molecule has 5 rings (SSSR count). The number of carbonyl (C=O) groups is 3. The minimum absolute atomic E-state index is 0.0749. The topological polar surface area (TPSA) is 69.7 Å². The Morgan fingerprint density at radius 3 is 1.93 bits per heavy atom. The van der Waals surface area contributed by atoms with E-state index >= 15 is 0 Å². The third kappa shape index (κ3) is 6.10. The zero-order valence-electron chi connectivity index (χ0n) is 24.0. The van der Waals surface area contributed by atoms with E-state index in [0.29, 0.717) is 17.1 Å². The molecule has 1 fully saturated rings. The van der Waals surface area contributed by atoms with Crippen molar-refractivity contribution in [3.63, 3.8) is 0 Å². The van der Waals surface area contributed by atoms with Gasteiger partial charge in [-0.25, -0.2) is 0 Å². The lowest BCUT2D eigenvalue weighted by atomic mass is 9.59. The first-order valence-corrected chi connectivity index (χ1v) is 14.1. The van der Waals surface area contributed by atoms with Crippen LogP contribution in [0, 0.1) is 18.8 Å². The van der Waals surface area contributed by atoms with Crippen molar-refractivity contribution in [2.45, 2.75) is 25.2 Å². The minimum atomic E-state index is -0.990. The highest BCUT2D eigenvalue weighted by Crippen LogP contribution is 2.49. The van der Waals surface area contributed by atoms with E-state index < -0.39 is 23.7 Å². The zero-order valence-corrected chi connectivity index (χ0v) is 24.0. The van der Waals surface area contributed by atoms with E-state index in [0.717, 1.165) is 22.3 Å². The van der Waals surface area contributed by atoms with Gasteiger partial charge in [0.1, 0.15) is 17.3 Å². The van der Waals surface area contributed by atoms with Crippen LogP contribution in [0.5, 0.6) is 11.5 Å². The molecule has 0 heterocycles. The first kappa shape index (κ1) is 28.7. The first-order valence-electron chi connectivity index (χ1n) is 14.1. The molecule has 42 heavy (non-hydrogen) atoms. The van der Waals surface area contributed by atoms with Crippen molar-refractivity contribution in [2.75, 3.05) is 14.2 Å². The molecule has 0 amide bonds. The number of benzene rings is 4. The van der Waals surface area contributed by atoms with Crippen LogP contribution in [-0.4, -0.2) is 31.6 Å². The Kier molecular flexibility index (Phi) is 8.77. The fraction of sp³-hybridized carbons (Fsp3) is 0.216. The number of allylic oxidation sites excluding steroid dienone is 1. The highest BCUT2D eigenvalue weighted by molar-refractivity contribution is 6.12. The molecule has 1 aliphatic rings. The van der Waals surface area contributed by atoms with Crippen molar-refractivity contribution in [2.24, 2.45) is 11.8 Å². The molecule has 0 bridgehead atoms. The number of hydrogen-bond donors (Lipinski definition) is 0. The van der Waals surface area contributed by atoms with Crippen LogP contribution in [-0.2, 0) is 9.59 Å². The van der Waals surface area contributed by atoms with Gasteiger partial charge in [0.05, 0.1) is 20.1 Å². The summed E-state index contributed by atoms with van der Waals surface area (Å²) in [5.74, 6) is -1.81. The Balaban J connectivity index is 1.60. The highest BCUT2D eigenvalue weighted by Gasteiger charge is 2.50. The molecule has 1 unspecified atom stereocenters. The smallest absolute Gasteiger partial charge is 0.167 e. The number of hydrogen-bond acceptors (Lipinski definition) is 5. The Labute approximate surface area is 246 Å². The van der Waals surface area contributed by atoms with Gasteiger partial charge in [0.25, 0.3) is 0 Å². The predicted octanol–water partition coefficient (Wildman–Crippen LogP) is 7.25. The van der Waals surface area contributed by atoms with Gasteiger partial charge in [-0.2, -0.15) is 0 Å². The zero-order chi connectivity index (χ0) is 29.6. The molecule has 0 aliphatic heterocycles. The quantitative estimate of drug-likeness (QED) is 0.123. The minimum Gasteiger partial charge on any atom is -0.497 e. The summed E-state index contributed by atoms with van der Waals surface area (Å²) in [5.41, 5.74) is 4.10. The van der Waals surface area contributed by atoms with Gasteiger partial charge in [-0.3, -0.25) is 14.4 Å². The molecule has 1 saturated carbocycles. The molecule has 0 aromatic heterocycles. The second-order valence-electron chi connectivity index (χ2n) is 10.7. The van der Waals surface area contributed by atoms with Crippen LogP contribution in [0.4, 0.5) is 0 Å². The Hall–Kier alpha value is -4.77. The molecule has 5 heteroatoms. The molecular weight excluding hydrogens is 524 g/mol. The molecule has 5 nitrogen and oxygen atoms in total. The van der Waals surface area contributed by atoms with E-state index in [4.69, 9.17) is 9.47 Å². The molecular formula is C37H34O5. The molecule has 4 atom stereocenters. The van der Waals surface area contributed by atoms with Crippen LogP contribution in [0.1, 0.15) is 50.9 Å². The Morgan fingerprint density at radius 1 is 0.738 bits per heavy atom. The third-order valence-electron chi connectivity index (χ3n) is 8.18. The molecule has 0 radical (unpaired) electrons. The number of methoxy groups -OCH3 is 2. The van der Waals surface area contributed by atoms with Crippen LogP contribution >= 0.6 is 0 Å². The van der Waals surface area contributed by atoms with Crippen LogP contribution in [0.25, 0.3) is 6.08 Å². The van der Waals surface area contributed by atoms with E-state index in [1.165, 1.54) is 6.08 Å². The van der Waals surface area contributed by atoms with Gasteiger partial charge in [-0.1, -0.05) is 90.5 Å². The maximum atomic E-state index is 14.4. The summed E-state index contributed by atoms with van der Waals surface area (Å²) in [6, 6.07) is 31.9. The summed E-state index contributed by atoms with van der Waals surface area (Å²) in [4.78, 5) is 42.3. The number of aryl methyl sites for hydroxylation is 1. The second kappa shape index (κ2) is 12.8. The Bertz CT molecular complexity index is 1570. The lowest BCUT2D eigenvalue weighted by molar-refractivity contribution is -0.134. The molecule has 0 N–H and O–H groups in total. The van der Waals surface area contributed by atoms with Gasteiger partial charge < -0.3 is 9.47 Å². The van der Waals surface area contributed by atoms with Gasteiger partial charge in [-0.05, 0) is 54.0 Å². The largest absolute Gasteiger partial charge is 0.497 e. The maximum absolute atomic E-state index is 14.4. The summed E-state index contributed by atoms with van der Waals surface area (Å²) < 4.78 is 10.6. The van der Waals surface area contributed by atoms with Crippen molar-refractivity contribution in [3.8, 4) is 11.5 Å². The van der Waals surface area contributed by atoms with Crippen molar-refractivity contribution in [3.05, 3.63) is 137 Å². The number of ketones is 3. The fourth-order valence-corrected chi connectivity index (χ4v) is 5.97. The van der Waals surface area contributed by atoms with E-state index in [1.807, 2.05) is 110 Å². The average Bonchev–Trinajstić information content (AvgIpc) is 3.03. The third-order valence-corrected chi connectivity index (χ3v) is 8.18. The normalized spacial score (nSPS) is 20.3. The number of Topliss-reactive ketones (excluding diaryl/α,β-unsaturated/α-hetero) is 2. The lowest BCUT2D eigenvalue weighted by Crippen LogP contribution is -2.44. The maximum Gasteiger partial charge on any atom is 0.167 e. The monoisotopic (exact) mass is 558 g/mol. The van der Waals surface area contributed by atoms with Crippen molar-refractivity contribution >= 4 is 23.4 Å². The summed E-state index contributed by atoms with van der Waals surface area (Å²) in [6.07, 6.45) is 3.27. The molecule has 0 saturated heterocycles. The molecule has 4 aromatic rings. The van der Waals surface area contributed by atoms with E-state index in [-0.39, 0.29) is 23.8 Å². The summed E-state index contributed by atoms with van der Waals surface area (Å²) in [6.45, 7) is 1.98. The second-order valence-corrected chi connectivity index (χ2v) is 10.7. The van der Waals surface area contributed by atoms with Gasteiger partial charge in [0.2, 0.25) is 0 Å². The molecule has 0 spiro atoms. The molecule has 4 aromatic carbocycles. The molecule has 1 aliphatic carbocycles. The Morgan fingerprint density at radius 2 is 1.33 bits per heavy atom. The van der Waals surface area contributed by atoms with Crippen molar-refractivity contribution in [1.82, 2.24) is 0 Å². The number of rotatable bonds is 9. The van der Waals surface area contributed by atoms with Gasteiger partial charge in [0, 0.05) is 29.7 Å². The van der Waals surface area contributed by atoms with Crippen molar-refractivity contribution in [1.29, 1.82) is 0 Å². The average molecular weight is 559 g/mol. The van der Waals surface area contributed by atoms with Crippen LogP contribution in [0.2, 0.25) is 0 Å². The van der Waals surface area contributed by atoms with Gasteiger partial charge >= 0.3 is 0 Å². The summed E-state index contributed by atoms with van der Waals surface area (Å²) in [7, 11) is 3.20. The molecule has 212 valence electrons. The highest BCUT2D eigenvalue weighted by atomic mass is 16.5. The van der Waals surface area contributed by atoms with Crippen molar-refractivity contribution < 1.29 is 23.9 Å². The van der Waals surface area contributed by atoms with Crippen LogP contribution in [0.15, 0.2) is 109 Å². The van der Waals surface area contributed by atoms with Crippen LogP contribution in [0.3, 0.4) is 0 Å². The van der Waals surface area contributed by atoms with Gasteiger partial charge in [-0.15, -0.1) is 0 Å². The standard InChI is InChI=1S/C37H34O5/c1-24-9-14-28(15-10-24)37(40)35-31(26-16-20-30(42-3)21-17-26)23-33(39)36(34(35)27-7-5-4-6-8-27)32(38)22-13-25-11-18-29(41-2)19-12-25/h4-22,31,34-36H,23H2,1-3H3/b22-13+/t31-,34-,35+,36?/m1/s1. The van der Waals surface area contributed by atoms with Gasteiger partial charge in [0.15, 0.2) is 11.6 Å². The predicted molar refractivity (Wildman–Crippen MR) is 164 cm³/mol. The lowest BCUT2D eigenvalue weighted by Gasteiger charge is -2.41. The summed E-state index contributed by atoms with van der Waals surface area (Å²) in [5, 5.41) is 0. The van der Waals surface area contributed by atoms with Crippen LogP contribution < -0.4 is 9.47 Å². The SMILES string of the molecule is COc1ccc(/C=C/C(=O)C2C(=O)C[C@H](c3ccc(OC)cc3)[C@H](C(=O)c3ccc(C)cc3)[C@H]2c2ccccc2)cc1. The first-order chi connectivity index (χ1) is 20.4. The summed E-state index contributed by atoms with van der Waals surface area (Å²) >= 11 is 0. The number of ether oxygens (including phenoxy) is 2. The number of carbonyl (C=O) groups excluding carboxylic acids is 3. The fourth-order valence-electron chi connectivity index (χ4n) is 5.97. The van der Waals surface area contributed by atoms with E-state index in [1.54, 1.807) is 20.3 Å². The van der Waals surface area contributed by atoms with E-state index in [2.05, 4.69) is 0 Å². The van der Waals surface area contributed by atoms with E-state index in [9.17, 15) is 14.4 Å².